The van der Waals surface area contributed by atoms with Crippen LogP contribution in [-0.4, -0.2) is 22.1 Å². The normalized spacial score (nSPS) is 10.5. The number of carbonyl (C=O) groups excluding carboxylic acids is 1. The number of carboxylic acid groups (broad SMARTS) is 1. The number of phenolic OH excluding ortho intramolecular Hbond substituents is 1. The first kappa shape index (κ1) is 15.3. The molecule has 1 amide bonds. The van der Waals surface area contributed by atoms with E-state index >= 15 is 0 Å². The van der Waals surface area contributed by atoms with Crippen molar-refractivity contribution >= 4 is 23.6 Å². The van der Waals surface area contributed by atoms with Gasteiger partial charge in [-0.25, -0.2) is 0 Å². The van der Waals surface area contributed by atoms with Crippen LogP contribution in [-0.2, 0) is 16.0 Å². The standard InChI is InChI=1S/C17H15NO4/c19-15-8-3-12(4-9-15)5-10-16(20)18-14-6-1-13(2-7-14)11-17(21)22/h1-10,19H,11H2,(H,18,20)(H,21,22). The number of aromatic hydroxyl groups is 1. The van der Waals surface area contributed by atoms with Gasteiger partial charge in [0, 0.05) is 11.8 Å². The van der Waals surface area contributed by atoms with Gasteiger partial charge < -0.3 is 15.5 Å². The first-order chi connectivity index (χ1) is 10.5. The molecular weight excluding hydrogens is 282 g/mol. The summed E-state index contributed by atoms with van der Waals surface area (Å²) >= 11 is 0. The summed E-state index contributed by atoms with van der Waals surface area (Å²) in [6.07, 6.45) is 2.97. The Morgan fingerprint density at radius 3 is 2.23 bits per heavy atom. The van der Waals surface area contributed by atoms with Gasteiger partial charge in [0.1, 0.15) is 5.75 Å². The van der Waals surface area contributed by atoms with Crippen molar-refractivity contribution in [1.29, 1.82) is 0 Å². The van der Waals surface area contributed by atoms with E-state index in [1.165, 1.54) is 6.08 Å². The average molecular weight is 297 g/mol. The van der Waals surface area contributed by atoms with E-state index in [2.05, 4.69) is 5.32 Å². The highest BCUT2D eigenvalue weighted by Gasteiger charge is 2.01. The number of aliphatic carboxylic acids is 1. The van der Waals surface area contributed by atoms with E-state index in [9.17, 15) is 9.59 Å². The second-order valence-corrected chi connectivity index (χ2v) is 4.68. The summed E-state index contributed by atoms with van der Waals surface area (Å²) in [6, 6.07) is 13.1. The molecule has 2 aromatic rings. The minimum Gasteiger partial charge on any atom is -0.508 e. The van der Waals surface area contributed by atoms with Gasteiger partial charge in [0.25, 0.3) is 0 Å². The maximum atomic E-state index is 11.8. The lowest BCUT2D eigenvalue weighted by molar-refractivity contribution is -0.136. The quantitative estimate of drug-likeness (QED) is 0.740. The second-order valence-electron chi connectivity index (χ2n) is 4.68. The van der Waals surface area contributed by atoms with E-state index < -0.39 is 5.97 Å². The van der Waals surface area contributed by atoms with Crippen molar-refractivity contribution in [2.24, 2.45) is 0 Å². The monoisotopic (exact) mass is 297 g/mol. The van der Waals surface area contributed by atoms with E-state index in [0.717, 1.165) is 5.56 Å². The molecule has 3 N–H and O–H groups in total. The number of hydrogen-bond donors (Lipinski definition) is 3. The molecule has 2 aromatic carbocycles. The number of rotatable bonds is 5. The Morgan fingerprint density at radius 1 is 1.00 bits per heavy atom. The summed E-state index contributed by atoms with van der Waals surface area (Å²) in [4.78, 5) is 22.4. The summed E-state index contributed by atoms with van der Waals surface area (Å²) in [5, 5.41) is 20.5. The first-order valence-corrected chi connectivity index (χ1v) is 6.62. The highest BCUT2D eigenvalue weighted by atomic mass is 16.4. The van der Waals surface area contributed by atoms with Gasteiger partial charge in [-0.2, -0.15) is 0 Å². The van der Waals surface area contributed by atoms with Crippen LogP contribution < -0.4 is 5.32 Å². The highest BCUT2D eigenvalue weighted by molar-refractivity contribution is 6.01. The molecule has 0 heterocycles. The zero-order chi connectivity index (χ0) is 15.9. The third-order valence-electron chi connectivity index (χ3n) is 2.90. The zero-order valence-corrected chi connectivity index (χ0v) is 11.7. The van der Waals surface area contributed by atoms with E-state index in [4.69, 9.17) is 10.2 Å². The van der Waals surface area contributed by atoms with Crippen molar-refractivity contribution in [2.45, 2.75) is 6.42 Å². The molecular formula is C17H15NO4. The Hall–Kier alpha value is -3.08. The van der Waals surface area contributed by atoms with E-state index in [1.54, 1.807) is 54.6 Å². The predicted octanol–water partition coefficient (Wildman–Crippen LogP) is 2.67. The SMILES string of the molecule is O=C(O)Cc1ccc(NC(=O)C=Cc2ccc(O)cc2)cc1. The number of hydrogen-bond acceptors (Lipinski definition) is 3. The molecule has 0 bridgehead atoms. The number of benzene rings is 2. The van der Waals surface area contributed by atoms with E-state index in [0.29, 0.717) is 11.3 Å². The molecule has 0 fully saturated rings. The molecule has 0 saturated carbocycles. The zero-order valence-electron chi connectivity index (χ0n) is 11.7. The van der Waals surface area contributed by atoms with Gasteiger partial charge in [-0.3, -0.25) is 9.59 Å². The molecule has 0 aromatic heterocycles. The maximum absolute atomic E-state index is 11.8. The lowest BCUT2D eigenvalue weighted by Crippen LogP contribution is -2.08. The van der Waals surface area contributed by atoms with Gasteiger partial charge in [-0.15, -0.1) is 0 Å². The van der Waals surface area contributed by atoms with Crippen LogP contribution in [0.3, 0.4) is 0 Å². The van der Waals surface area contributed by atoms with Crippen LogP contribution in [0, 0.1) is 0 Å². The number of phenols is 1. The summed E-state index contributed by atoms with van der Waals surface area (Å²) in [6.45, 7) is 0. The van der Waals surface area contributed by atoms with Crippen molar-refractivity contribution in [3.63, 3.8) is 0 Å². The summed E-state index contributed by atoms with van der Waals surface area (Å²) in [7, 11) is 0. The van der Waals surface area contributed by atoms with Crippen LogP contribution in [0.2, 0.25) is 0 Å². The molecule has 22 heavy (non-hydrogen) atoms. The minimum atomic E-state index is -0.895. The molecule has 0 saturated heterocycles. The summed E-state index contributed by atoms with van der Waals surface area (Å²) in [5.74, 6) is -1.02. The fourth-order valence-electron chi connectivity index (χ4n) is 1.82. The molecule has 112 valence electrons. The third-order valence-corrected chi connectivity index (χ3v) is 2.90. The lowest BCUT2D eigenvalue weighted by atomic mass is 10.1. The number of nitrogens with one attached hydrogen (secondary N) is 1. The molecule has 0 unspecified atom stereocenters. The van der Waals surface area contributed by atoms with Gasteiger partial charge in [-0.05, 0) is 41.5 Å². The van der Waals surface area contributed by atoms with Crippen molar-refractivity contribution in [3.8, 4) is 5.75 Å². The molecule has 0 atom stereocenters. The molecule has 0 aliphatic heterocycles. The maximum Gasteiger partial charge on any atom is 0.307 e. The van der Waals surface area contributed by atoms with E-state index in [-0.39, 0.29) is 18.1 Å². The van der Waals surface area contributed by atoms with Gasteiger partial charge in [0.15, 0.2) is 0 Å². The Bertz CT molecular complexity index is 688. The molecule has 5 heteroatoms. The number of amides is 1. The van der Waals surface area contributed by atoms with Crippen LogP contribution in [0.25, 0.3) is 6.08 Å². The topological polar surface area (TPSA) is 86.6 Å². The number of carbonyl (C=O) groups is 2. The fraction of sp³-hybridized carbons (Fsp3) is 0.0588. The van der Waals surface area contributed by atoms with Crippen molar-refractivity contribution in [2.75, 3.05) is 5.32 Å². The number of carboxylic acids is 1. The molecule has 0 aliphatic carbocycles. The van der Waals surface area contributed by atoms with Crippen LogP contribution in [0.4, 0.5) is 5.69 Å². The molecule has 0 spiro atoms. The van der Waals surface area contributed by atoms with Crippen molar-refractivity contribution in [3.05, 3.63) is 65.7 Å². The molecule has 5 nitrogen and oxygen atoms in total. The summed E-state index contributed by atoms with van der Waals surface area (Å²) in [5.41, 5.74) is 2.06. The smallest absolute Gasteiger partial charge is 0.307 e. The Morgan fingerprint density at radius 2 is 1.64 bits per heavy atom. The highest BCUT2D eigenvalue weighted by Crippen LogP contribution is 2.12. The second kappa shape index (κ2) is 7.08. The first-order valence-electron chi connectivity index (χ1n) is 6.62. The Kier molecular flexibility index (Phi) is 4.93. The molecule has 2 rings (SSSR count). The largest absolute Gasteiger partial charge is 0.508 e. The van der Waals surface area contributed by atoms with Gasteiger partial charge in [-0.1, -0.05) is 24.3 Å². The van der Waals surface area contributed by atoms with Crippen molar-refractivity contribution < 1.29 is 19.8 Å². The van der Waals surface area contributed by atoms with E-state index in [1.807, 2.05) is 0 Å². The number of anilines is 1. The van der Waals surface area contributed by atoms with Crippen LogP contribution in [0.5, 0.6) is 5.75 Å². The average Bonchev–Trinajstić information content (AvgIpc) is 2.48. The molecule has 0 aliphatic rings. The Balaban J connectivity index is 1.94. The predicted molar refractivity (Wildman–Crippen MR) is 83.6 cm³/mol. The summed E-state index contributed by atoms with van der Waals surface area (Å²) < 4.78 is 0. The fourth-order valence-corrected chi connectivity index (χ4v) is 1.82. The molecule has 0 radical (unpaired) electrons. The van der Waals surface area contributed by atoms with Crippen LogP contribution in [0.15, 0.2) is 54.6 Å². The lowest BCUT2D eigenvalue weighted by Gasteiger charge is -2.03. The minimum absolute atomic E-state index is 0.0466. The van der Waals surface area contributed by atoms with Gasteiger partial charge in [0.2, 0.25) is 5.91 Å². The van der Waals surface area contributed by atoms with Crippen LogP contribution in [0.1, 0.15) is 11.1 Å². The van der Waals surface area contributed by atoms with Gasteiger partial charge >= 0.3 is 5.97 Å². The van der Waals surface area contributed by atoms with Crippen molar-refractivity contribution in [1.82, 2.24) is 0 Å². The van der Waals surface area contributed by atoms with Gasteiger partial charge in [0.05, 0.1) is 6.42 Å². The van der Waals surface area contributed by atoms with Crippen LogP contribution >= 0.6 is 0 Å². The third kappa shape index (κ3) is 4.79. The Labute approximate surface area is 127 Å².